The molecule has 0 saturated carbocycles. The van der Waals surface area contributed by atoms with Gasteiger partial charge in [-0.15, -0.1) is 0 Å². The van der Waals surface area contributed by atoms with E-state index in [1.807, 2.05) is 6.07 Å². The third-order valence-electron chi connectivity index (χ3n) is 4.76. The van der Waals surface area contributed by atoms with Gasteiger partial charge in [-0.2, -0.15) is 5.10 Å². The largest absolute Gasteiger partial charge is 0.419 e. The zero-order valence-corrected chi connectivity index (χ0v) is 16.6. The molecule has 10 nitrogen and oxygen atoms in total. The molecule has 10 heteroatoms. The van der Waals surface area contributed by atoms with Gasteiger partial charge in [0, 0.05) is 31.2 Å². The minimum Gasteiger partial charge on any atom is -0.408 e. The van der Waals surface area contributed by atoms with Crippen LogP contribution in [0.5, 0.6) is 0 Å². The minimum absolute atomic E-state index is 0.0276. The van der Waals surface area contributed by atoms with E-state index in [-0.39, 0.29) is 18.0 Å². The normalized spacial score (nSPS) is 11.0. The van der Waals surface area contributed by atoms with E-state index in [1.54, 1.807) is 43.3 Å². The van der Waals surface area contributed by atoms with E-state index >= 15 is 0 Å². The lowest BCUT2D eigenvalue weighted by atomic mass is 10.2. The second kappa shape index (κ2) is 8.27. The summed E-state index contributed by atoms with van der Waals surface area (Å²) in [7, 11) is 0. The molecule has 4 aromatic rings. The highest BCUT2D eigenvalue weighted by atomic mass is 16.6. The van der Waals surface area contributed by atoms with Crippen molar-refractivity contribution >= 4 is 28.5 Å². The van der Waals surface area contributed by atoms with E-state index in [4.69, 9.17) is 4.42 Å². The number of benzene rings is 2. The van der Waals surface area contributed by atoms with Crippen LogP contribution in [-0.2, 0) is 11.3 Å². The molecule has 0 bridgehead atoms. The van der Waals surface area contributed by atoms with Crippen molar-refractivity contribution in [3.63, 3.8) is 0 Å². The maximum absolute atomic E-state index is 12.5. The number of nitro benzene ring substituents is 1. The standard InChI is InChI=1S/C21H19N5O5/c1-14-13-19(25(23-14)15-8-10-16(11-9-15)26(29)30)22-20(27)7-4-12-24-17-5-2-3-6-18(17)31-21(24)28/h2-3,5-6,8-11,13H,4,7,12H2,1H3,(H,22,27). The molecule has 0 spiro atoms. The molecule has 0 atom stereocenters. The number of aromatic nitrogens is 3. The van der Waals surface area contributed by atoms with Gasteiger partial charge in [0.05, 0.1) is 21.8 Å². The van der Waals surface area contributed by atoms with E-state index in [1.165, 1.54) is 21.4 Å². The summed E-state index contributed by atoms with van der Waals surface area (Å²) in [6, 6.07) is 14.7. The maximum Gasteiger partial charge on any atom is 0.419 e. The number of non-ortho nitro benzene ring substituents is 1. The van der Waals surface area contributed by atoms with Gasteiger partial charge in [0.25, 0.3) is 5.69 Å². The van der Waals surface area contributed by atoms with Crippen LogP contribution in [0.15, 0.2) is 63.8 Å². The number of hydrogen-bond acceptors (Lipinski definition) is 6. The molecule has 0 saturated heterocycles. The first kappa shape index (κ1) is 20.1. The topological polar surface area (TPSA) is 125 Å². The van der Waals surface area contributed by atoms with Crippen LogP contribution in [0, 0.1) is 17.0 Å². The number of carbonyl (C=O) groups is 1. The summed E-state index contributed by atoms with van der Waals surface area (Å²) in [6.07, 6.45) is 0.635. The quantitative estimate of drug-likeness (QED) is 0.360. The molecule has 1 amide bonds. The molecule has 0 fully saturated rings. The summed E-state index contributed by atoms with van der Waals surface area (Å²) in [6.45, 7) is 2.14. The van der Waals surface area contributed by atoms with Crippen molar-refractivity contribution in [2.45, 2.75) is 26.3 Å². The first-order valence-electron chi connectivity index (χ1n) is 9.62. The van der Waals surface area contributed by atoms with Gasteiger partial charge < -0.3 is 9.73 Å². The Hall–Kier alpha value is -4.21. The second-order valence-corrected chi connectivity index (χ2v) is 7.00. The Morgan fingerprint density at radius 3 is 2.68 bits per heavy atom. The van der Waals surface area contributed by atoms with Crippen LogP contribution in [0.4, 0.5) is 11.5 Å². The third kappa shape index (κ3) is 4.22. The fraction of sp³-hybridized carbons (Fsp3) is 0.190. The van der Waals surface area contributed by atoms with E-state index in [0.29, 0.717) is 41.3 Å². The Morgan fingerprint density at radius 2 is 1.94 bits per heavy atom. The molecule has 0 radical (unpaired) electrons. The predicted molar refractivity (Wildman–Crippen MR) is 113 cm³/mol. The molecule has 4 rings (SSSR count). The van der Waals surface area contributed by atoms with Crippen molar-refractivity contribution in [3.05, 3.63) is 81.0 Å². The van der Waals surface area contributed by atoms with Crippen molar-refractivity contribution in [2.75, 3.05) is 5.32 Å². The maximum atomic E-state index is 12.5. The van der Waals surface area contributed by atoms with Gasteiger partial charge in [-0.25, -0.2) is 9.48 Å². The van der Waals surface area contributed by atoms with Crippen molar-refractivity contribution in [1.29, 1.82) is 0 Å². The number of oxazole rings is 1. The molecular weight excluding hydrogens is 402 g/mol. The Balaban J connectivity index is 1.42. The number of amides is 1. The molecule has 0 aliphatic rings. The van der Waals surface area contributed by atoms with Gasteiger partial charge in [-0.05, 0) is 37.6 Å². The molecule has 2 heterocycles. The number of hydrogen-bond donors (Lipinski definition) is 1. The molecule has 31 heavy (non-hydrogen) atoms. The van der Waals surface area contributed by atoms with E-state index in [9.17, 15) is 19.7 Å². The number of aryl methyl sites for hydroxylation is 2. The third-order valence-corrected chi connectivity index (χ3v) is 4.76. The van der Waals surface area contributed by atoms with Crippen LogP contribution in [-0.4, -0.2) is 25.2 Å². The Kier molecular flexibility index (Phi) is 5.35. The molecule has 2 aromatic heterocycles. The van der Waals surface area contributed by atoms with E-state index in [2.05, 4.69) is 10.4 Å². The lowest BCUT2D eigenvalue weighted by Crippen LogP contribution is -2.18. The molecule has 0 aliphatic heterocycles. The smallest absolute Gasteiger partial charge is 0.408 e. The molecule has 0 aliphatic carbocycles. The fourth-order valence-electron chi connectivity index (χ4n) is 3.33. The SMILES string of the molecule is Cc1cc(NC(=O)CCCn2c(=O)oc3ccccc32)n(-c2ccc([N+](=O)[O-])cc2)n1. The summed E-state index contributed by atoms with van der Waals surface area (Å²) < 4.78 is 8.22. The van der Waals surface area contributed by atoms with Crippen molar-refractivity contribution in [3.8, 4) is 5.69 Å². The number of nitrogens with zero attached hydrogens (tertiary/aromatic N) is 4. The summed E-state index contributed by atoms with van der Waals surface area (Å²) >= 11 is 0. The molecular formula is C21H19N5O5. The Bertz CT molecular complexity index is 1320. The van der Waals surface area contributed by atoms with Crippen molar-refractivity contribution in [1.82, 2.24) is 14.3 Å². The second-order valence-electron chi connectivity index (χ2n) is 7.00. The highest BCUT2D eigenvalue weighted by Gasteiger charge is 2.14. The van der Waals surface area contributed by atoms with Gasteiger partial charge >= 0.3 is 5.76 Å². The average molecular weight is 421 g/mol. The fourth-order valence-corrected chi connectivity index (χ4v) is 3.33. The first-order chi connectivity index (χ1) is 14.9. The Morgan fingerprint density at radius 1 is 1.19 bits per heavy atom. The van der Waals surface area contributed by atoms with E-state index in [0.717, 1.165) is 0 Å². The van der Waals surface area contributed by atoms with Crippen molar-refractivity contribution < 1.29 is 14.1 Å². The number of anilines is 1. The number of nitrogens with one attached hydrogen (secondary N) is 1. The zero-order chi connectivity index (χ0) is 22.0. The number of carbonyl (C=O) groups excluding carboxylic acids is 1. The lowest BCUT2D eigenvalue weighted by molar-refractivity contribution is -0.384. The van der Waals surface area contributed by atoms with E-state index < -0.39 is 10.7 Å². The number of fused-ring (bicyclic) bond motifs is 1. The first-order valence-corrected chi connectivity index (χ1v) is 9.62. The molecule has 158 valence electrons. The van der Waals surface area contributed by atoms with Gasteiger partial charge in [0.2, 0.25) is 5.91 Å². The number of nitro groups is 1. The highest BCUT2D eigenvalue weighted by Crippen LogP contribution is 2.20. The minimum atomic E-state index is -0.477. The lowest BCUT2D eigenvalue weighted by Gasteiger charge is -2.09. The summed E-state index contributed by atoms with van der Waals surface area (Å²) in [5, 5.41) is 18.0. The van der Waals surface area contributed by atoms with Gasteiger partial charge in [0.1, 0.15) is 5.82 Å². The Labute approximate surface area is 175 Å². The van der Waals surface area contributed by atoms with Crippen LogP contribution in [0.2, 0.25) is 0 Å². The van der Waals surface area contributed by atoms with Gasteiger partial charge in [0.15, 0.2) is 5.58 Å². The van der Waals surface area contributed by atoms with Gasteiger partial charge in [-0.3, -0.25) is 19.5 Å². The average Bonchev–Trinajstić information content (AvgIpc) is 3.27. The summed E-state index contributed by atoms with van der Waals surface area (Å²) in [5.74, 6) is -0.223. The highest BCUT2D eigenvalue weighted by molar-refractivity contribution is 5.90. The van der Waals surface area contributed by atoms with Crippen LogP contribution in [0.1, 0.15) is 18.5 Å². The van der Waals surface area contributed by atoms with Crippen molar-refractivity contribution in [2.24, 2.45) is 0 Å². The molecule has 0 unspecified atom stereocenters. The summed E-state index contributed by atoms with van der Waals surface area (Å²) in [5.41, 5.74) is 2.45. The zero-order valence-electron chi connectivity index (χ0n) is 16.6. The predicted octanol–water partition coefficient (Wildman–Crippen LogP) is 3.42. The molecule has 2 aromatic carbocycles. The molecule has 1 N–H and O–H groups in total. The number of rotatable bonds is 7. The van der Waals surface area contributed by atoms with Gasteiger partial charge in [-0.1, -0.05) is 12.1 Å². The van der Waals surface area contributed by atoms with Crippen LogP contribution in [0.25, 0.3) is 16.8 Å². The van der Waals surface area contributed by atoms with Crippen LogP contribution < -0.4 is 11.1 Å². The van der Waals surface area contributed by atoms with Crippen LogP contribution >= 0.6 is 0 Å². The number of para-hydroxylation sites is 2. The monoisotopic (exact) mass is 421 g/mol. The summed E-state index contributed by atoms with van der Waals surface area (Å²) in [4.78, 5) is 34.9. The van der Waals surface area contributed by atoms with Crippen LogP contribution in [0.3, 0.4) is 0 Å².